The minimum Gasteiger partial charge on any atom is -0.496 e. The quantitative estimate of drug-likeness (QED) is 0.614. The van der Waals surface area contributed by atoms with E-state index in [0.717, 1.165) is 17.9 Å². The van der Waals surface area contributed by atoms with Gasteiger partial charge >= 0.3 is 0 Å². The molecule has 0 saturated heterocycles. The van der Waals surface area contributed by atoms with Crippen LogP contribution in [-0.2, 0) is 6.42 Å². The normalized spacial score (nSPS) is 24.5. The van der Waals surface area contributed by atoms with Gasteiger partial charge in [-0.15, -0.1) is 0 Å². The van der Waals surface area contributed by atoms with Crippen LogP contribution in [0.15, 0.2) is 18.2 Å². The van der Waals surface area contributed by atoms with E-state index in [2.05, 4.69) is 45.9 Å². The first-order valence-electron chi connectivity index (χ1n) is 9.58. The van der Waals surface area contributed by atoms with Gasteiger partial charge in [-0.25, -0.2) is 0 Å². The van der Waals surface area contributed by atoms with E-state index in [4.69, 9.17) is 9.47 Å². The number of allylic oxidation sites excluding steroid dienone is 1. The third kappa shape index (κ3) is 3.20. The average Bonchev–Trinajstić information content (AvgIpc) is 2.53. The Labute approximate surface area is 147 Å². The smallest absolute Gasteiger partial charge is 0.131 e. The number of methoxy groups -OCH3 is 1. The topological polar surface area (TPSA) is 18.5 Å². The molecule has 1 heterocycles. The Morgan fingerprint density at radius 3 is 2.71 bits per heavy atom. The van der Waals surface area contributed by atoms with Crippen LogP contribution < -0.4 is 9.47 Å². The molecule has 0 radical (unpaired) electrons. The van der Waals surface area contributed by atoms with Crippen LogP contribution in [0.25, 0.3) is 5.57 Å². The molecular weight excluding hydrogens is 296 g/mol. The van der Waals surface area contributed by atoms with Gasteiger partial charge in [0, 0.05) is 5.92 Å². The molecule has 1 aliphatic carbocycles. The summed E-state index contributed by atoms with van der Waals surface area (Å²) in [6.07, 6.45) is 9.74. The number of aryl methyl sites for hydroxylation is 1. The molecule has 24 heavy (non-hydrogen) atoms. The molecule has 2 nitrogen and oxygen atoms in total. The Balaban J connectivity index is 2.05. The van der Waals surface area contributed by atoms with Gasteiger partial charge in [0.05, 0.1) is 12.7 Å². The van der Waals surface area contributed by atoms with Crippen molar-refractivity contribution in [1.82, 2.24) is 0 Å². The highest BCUT2D eigenvalue weighted by atomic mass is 16.5. The van der Waals surface area contributed by atoms with Crippen molar-refractivity contribution in [3.8, 4) is 11.5 Å². The molecular formula is C22H32O2. The molecule has 0 saturated carbocycles. The number of hydrogen-bond acceptors (Lipinski definition) is 2. The lowest BCUT2D eigenvalue weighted by Gasteiger charge is -2.44. The summed E-state index contributed by atoms with van der Waals surface area (Å²) in [5.41, 5.74) is 3.83. The molecule has 0 aromatic heterocycles. The number of fused-ring (bicyclic) bond motifs is 3. The van der Waals surface area contributed by atoms with Crippen molar-refractivity contribution >= 4 is 5.57 Å². The zero-order valence-corrected chi connectivity index (χ0v) is 15.9. The van der Waals surface area contributed by atoms with Crippen molar-refractivity contribution in [1.29, 1.82) is 0 Å². The van der Waals surface area contributed by atoms with Crippen molar-refractivity contribution in [2.75, 3.05) is 7.11 Å². The maximum Gasteiger partial charge on any atom is 0.131 e. The van der Waals surface area contributed by atoms with Crippen LogP contribution in [0, 0.1) is 11.8 Å². The van der Waals surface area contributed by atoms with E-state index < -0.39 is 0 Å². The summed E-state index contributed by atoms with van der Waals surface area (Å²) >= 11 is 0. The Bertz CT molecular complexity index is 627. The van der Waals surface area contributed by atoms with Gasteiger partial charge in [-0.1, -0.05) is 32.8 Å². The van der Waals surface area contributed by atoms with Crippen LogP contribution in [0.4, 0.5) is 0 Å². The predicted octanol–water partition coefficient (Wildman–Crippen LogP) is 6.03. The minimum absolute atomic E-state index is 0.147. The predicted molar refractivity (Wildman–Crippen MR) is 101 cm³/mol. The maximum atomic E-state index is 6.49. The lowest BCUT2D eigenvalue weighted by atomic mass is 9.70. The van der Waals surface area contributed by atoms with Gasteiger partial charge in [0.25, 0.3) is 0 Å². The molecule has 0 unspecified atom stereocenters. The molecule has 2 aliphatic rings. The van der Waals surface area contributed by atoms with Crippen LogP contribution in [0.3, 0.4) is 0 Å². The number of unbranched alkanes of at least 4 members (excludes halogenated alkanes) is 2. The zero-order valence-electron chi connectivity index (χ0n) is 15.9. The maximum absolute atomic E-state index is 6.49. The molecule has 1 aromatic rings. The molecule has 0 bridgehead atoms. The van der Waals surface area contributed by atoms with Crippen LogP contribution in [0.2, 0.25) is 0 Å². The van der Waals surface area contributed by atoms with Crippen molar-refractivity contribution < 1.29 is 9.47 Å². The molecule has 2 atom stereocenters. The van der Waals surface area contributed by atoms with E-state index >= 15 is 0 Å². The first-order chi connectivity index (χ1) is 11.5. The Morgan fingerprint density at radius 1 is 1.21 bits per heavy atom. The van der Waals surface area contributed by atoms with Crippen LogP contribution in [0.5, 0.6) is 11.5 Å². The highest BCUT2D eigenvalue weighted by Gasteiger charge is 2.43. The molecule has 0 fully saturated rings. The second kappa shape index (κ2) is 6.82. The lowest BCUT2D eigenvalue weighted by molar-refractivity contribution is 0.0510. The number of rotatable bonds is 5. The highest BCUT2D eigenvalue weighted by Crippen LogP contribution is 2.52. The number of hydrogen-bond donors (Lipinski definition) is 0. The van der Waals surface area contributed by atoms with E-state index in [-0.39, 0.29) is 5.60 Å². The van der Waals surface area contributed by atoms with E-state index in [0.29, 0.717) is 11.8 Å². The van der Waals surface area contributed by atoms with Gasteiger partial charge in [-0.3, -0.25) is 0 Å². The molecule has 3 rings (SSSR count). The Morgan fingerprint density at radius 2 is 2.00 bits per heavy atom. The largest absolute Gasteiger partial charge is 0.496 e. The third-order valence-electron chi connectivity index (χ3n) is 5.67. The third-order valence-corrected chi connectivity index (χ3v) is 5.67. The fourth-order valence-corrected chi connectivity index (χ4v) is 4.32. The van der Waals surface area contributed by atoms with E-state index in [9.17, 15) is 0 Å². The first kappa shape index (κ1) is 17.4. The number of benzene rings is 1. The number of ether oxygens (including phenoxy) is 2. The van der Waals surface area contributed by atoms with Crippen LogP contribution in [-0.4, -0.2) is 12.7 Å². The zero-order chi connectivity index (χ0) is 17.3. The Hall–Kier alpha value is -1.44. The molecule has 0 amide bonds. The summed E-state index contributed by atoms with van der Waals surface area (Å²) in [5, 5.41) is 0. The second-order valence-electron chi connectivity index (χ2n) is 8.06. The molecule has 2 heteroatoms. The Kier molecular flexibility index (Phi) is 4.94. The van der Waals surface area contributed by atoms with Gasteiger partial charge < -0.3 is 9.47 Å². The van der Waals surface area contributed by atoms with Gasteiger partial charge in [-0.05, 0) is 68.7 Å². The van der Waals surface area contributed by atoms with Crippen molar-refractivity contribution in [3.05, 3.63) is 29.3 Å². The van der Waals surface area contributed by atoms with Crippen molar-refractivity contribution in [2.24, 2.45) is 11.8 Å². The van der Waals surface area contributed by atoms with Crippen LogP contribution >= 0.6 is 0 Å². The van der Waals surface area contributed by atoms with Gasteiger partial charge in [0.1, 0.15) is 17.1 Å². The first-order valence-corrected chi connectivity index (χ1v) is 9.58. The second-order valence-corrected chi connectivity index (χ2v) is 8.06. The monoisotopic (exact) mass is 328 g/mol. The lowest BCUT2D eigenvalue weighted by Crippen LogP contribution is -2.43. The summed E-state index contributed by atoms with van der Waals surface area (Å²) in [7, 11) is 1.78. The van der Waals surface area contributed by atoms with Gasteiger partial charge in [0.2, 0.25) is 0 Å². The van der Waals surface area contributed by atoms with E-state index in [1.165, 1.54) is 48.8 Å². The molecule has 0 N–H and O–H groups in total. The average molecular weight is 328 g/mol. The molecule has 1 aromatic carbocycles. The van der Waals surface area contributed by atoms with Crippen LogP contribution in [0.1, 0.15) is 70.9 Å². The molecule has 0 spiro atoms. The summed E-state index contributed by atoms with van der Waals surface area (Å²) in [5.74, 6) is 3.09. The minimum atomic E-state index is -0.147. The van der Waals surface area contributed by atoms with E-state index in [1.807, 2.05) is 0 Å². The van der Waals surface area contributed by atoms with Crippen molar-refractivity contribution in [3.63, 3.8) is 0 Å². The fourth-order valence-electron chi connectivity index (χ4n) is 4.32. The molecule has 132 valence electrons. The summed E-state index contributed by atoms with van der Waals surface area (Å²) in [6.45, 7) is 9.04. The van der Waals surface area contributed by atoms with Gasteiger partial charge in [0.15, 0.2) is 0 Å². The highest BCUT2D eigenvalue weighted by molar-refractivity contribution is 5.80. The summed E-state index contributed by atoms with van der Waals surface area (Å²) in [6, 6.07) is 4.49. The SMILES string of the molecule is CCCCCc1cc(OC)c2c(c1)OC(C)(C)[C@@H]1CC[C@H](C)C=C21. The van der Waals surface area contributed by atoms with E-state index in [1.54, 1.807) is 7.11 Å². The standard InChI is InChI=1S/C22H32O2/c1-6-7-8-9-16-13-19(23-5)21-17-12-15(2)10-11-18(17)22(3,4)24-20(21)14-16/h12-15,18H,6-11H2,1-5H3/t15-,18+/m0/s1. The summed E-state index contributed by atoms with van der Waals surface area (Å²) in [4.78, 5) is 0. The summed E-state index contributed by atoms with van der Waals surface area (Å²) < 4.78 is 12.3. The molecule has 1 aliphatic heterocycles. The fraction of sp³-hybridized carbons (Fsp3) is 0.636. The van der Waals surface area contributed by atoms with Gasteiger partial charge in [-0.2, -0.15) is 0 Å². The van der Waals surface area contributed by atoms with Crippen molar-refractivity contribution in [2.45, 2.75) is 71.8 Å².